The molecule has 1 N–H and O–H groups in total. The highest BCUT2D eigenvalue weighted by atomic mass is 15.1. The Balaban J connectivity index is 1.86. The predicted molar refractivity (Wildman–Crippen MR) is 82.4 cm³/mol. The van der Waals surface area contributed by atoms with Crippen LogP contribution in [-0.4, -0.2) is 28.5 Å². The molecule has 0 aromatic carbocycles. The molecular weight excluding hydrogens is 248 g/mol. The van der Waals surface area contributed by atoms with Crippen molar-refractivity contribution in [2.24, 2.45) is 0 Å². The third kappa shape index (κ3) is 4.63. The standard InChI is InChI=1S/C16H22N4/c1-3-8-18-16-5-4-15(11-19-16)13-20(2)12-14-6-9-17-10-7-14/h4-7,9-11H,3,8,12-13H2,1-2H3,(H,18,19). The largest absolute Gasteiger partial charge is 0.370 e. The molecule has 0 aliphatic rings. The molecule has 0 unspecified atom stereocenters. The molecule has 2 rings (SSSR count). The summed E-state index contributed by atoms with van der Waals surface area (Å²) in [5.74, 6) is 0.951. The summed E-state index contributed by atoms with van der Waals surface area (Å²) in [4.78, 5) is 10.7. The number of nitrogens with one attached hydrogen (secondary N) is 1. The second-order valence-electron chi connectivity index (χ2n) is 5.01. The van der Waals surface area contributed by atoms with E-state index in [1.807, 2.05) is 36.8 Å². The monoisotopic (exact) mass is 270 g/mol. The average Bonchev–Trinajstić information content (AvgIpc) is 2.47. The minimum absolute atomic E-state index is 0.892. The van der Waals surface area contributed by atoms with E-state index in [1.54, 1.807) is 0 Å². The first-order valence-corrected chi connectivity index (χ1v) is 7.04. The van der Waals surface area contributed by atoms with Gasteiger partial charge in [-0.05, 0) is 42.8 Å². The van der Waals surface area contributed by atoms with Crippen molar-refractivity contribution < 1.29 is 0 Å². The number of hydrogen-bond acceptors (Lipinski definition) is 4. The van der Waals surface area contributed by atoms with Gasteiger partial charge in [0, 0.05) is 38.2 Å². The lowest BCUT2D eigenvalue weighted by atomic mass is 10.2. The highest BCUT2D eigenvalue weighted by Gasteiger charge is 2.02. The molecule has 0 spiro atoms. The van der Waals surface area contributed by atoms with Gasteiger partial charge in [0.05, 0.1) is 0 Å². The van der Waals surface area contributed by atoms with Gasteiger partial charge >= 0.3 is 0 Å². The van der Waals surface area contributed by atoms with Gasteiger partial charge in [0.1, 0.15) is 5.82 Å². The smallest absolute Gasteiger partial charge is 0.125 e. The van der Waals surface area contributed by atoms with Crippen LogP contribution in [0.3, 0.4) is 0 Å². The fraction of sp³-hybridized carbons (Fsp3) is 0.375. The Bertz CT molecular complexity index is 496. The van der Waals surface area contributed by atoms with Crippen molar-refractivity contribution in [2.45, 2.75) is 26.4 Å². The van der Waals surface area contributed by atoms with E-state index < -0.39 is 0 Å². The van der Waals surface area contributed by atoms with Crippen molar-refractivity contribution in [3.05, 3.63) is 54.0 Å². The van der Waals surface area contributed by atoms with Gasteiger partial charge in [0.2, 0.25) is 0 Å². The zero-order chi connectivity index (χ0) is 14.2. The summed E-state index contributed by atoms with van der Waals surface area (Å²) in [5.41, 5.74) is 2.50. The van der Waals surface area contributed by atoms with Crippen molar-refractivity contribution in [3.63, 3.8) is 0 Å². The van der Waals surface area contributed by atoms with Crippen LogP contribution in [0, 0.1) is 0 Å². The fourth-order valence-corrected chi connectivity index (χ4v) is 2.04. The molecule has 0 amide bonds. The van der Waals surface area contributed by atoms with E-state index in [-0.39, 0.29) is 0 Å². The van der Waals surface area contributed by atoms with E-state index >= 15 is 0 Å². The Hall–Kier alpha value is -1.94. The molecule has 0 aliphatic carbocycles. The minimum Gasteiger partial charge on any atom is -0.370 e. The summed E-state index contributed by atoms with van der Waals surface area (Å²) in [5, 5.41) is 3.28. The first-order chi connectivity index (χ1) is 9.78. The van der Waals surface area contributed by atoms with Crippen molar-refractivity contribution in [2.75, 3.05) is 18.9 Å². The molecule has 106 valence electrons. The van der Waals surface area contributed by atoms with Crippen LogP contribution in [-0.2, 0) is 13.1 Å². The third-order valence-corrected chi connectivity index (χ3v) is 3.04. The summed E-state index contributed by atoms with van der Waals surface area (Å²) in [7, 11) is 2.11. The van der Waals surface area contributed by atoms with Crippen LogP contribution >= 0.6 is 0 Å². The average molecular weight is 270 g/mol. The van der Waals surface area contributed by atoms with Crippen LogP contribution in [0.1, 0.15) is 24.5 Å². The molecule has 4 heteroatoms. The quantitative estimate of drug-likeness (QED) is 0.840. The highest BCUT2D eigenvalue weighted by Crippen LogP contribution is 2.09. The Morgan fingerprint density at radius 1 is 1.05 bits per heavy atom. The molecule has 2 aromatic heterocycles. The normalized spacial score (nSPS) is 10.8. The molecule has 2 aromatic rings. The van der Waals surface area contributed by atoms with Crippen LogP contribution in [0.5, 0.6) is 0 Å². The number of nitrogens with zero attached hydrogens (tertiary/aromatic N) is 3. The van der Waals surface area contributed by atoms with Crippen molar-refractivity contribution in [1.29, 1.82) is 0 Å². The van der Waals surface area contributed by atoms with Crippen molar-refractivity contribution >= 4 is 5.82 Å². The zero-order valence-corrected chi connectivity index (χ0v) is 12.2. The van der Waals surface area contributed by atoms with Crippen LogP contribution < -0.4 is 5.32 Å². The lowest BCUT2D eigenvalue weighted by Gasteiger charge is -2.16. The molecule has 0 bridgehead atoms. The van der Waals surface area contributed by atoms with Crippen LogP contribution in [0.4, 0.5) is 5.82 Å². The van der Waals surface area contributed by atoms with E-state index in [0.29, 0.717) is 0 Å². The van der Waals surface area contributed by atoms with Gasteiger partial charge in [0.15, 0.2) is 0 Å². The Kier molecular flexibility index (Phi) is 5.50. The van der Waals surface area contributed by atoms with Gasteiger partial charge in [0.25, 0.3) is 0 Å². The van der Waals surface area contributed by atoms with Crippen molar-refractivity contribution in [1.82, 2.24) is 14.9 Å². The van der Waals surface area contributed by atoms with E-state index in [4.69, 9.17) is 0 Å². The SMILES string of the molecule is CCCNc1ccc(CN(C)Cc2ccncc2)cn1. The molecule has 0 saturated heterocycles. The molecule has 0 aliphatic heterocycles. The molecule has 0 atom stereocenters. The maximum atomic E-state index is 4.43. The topological polar surface area (TPSA) is 41.0 Å². The van der Waals surface area contributed by atoms with Gasteiger partial charge in [-0.3, -0.25) is 9.88 Å². The predicted octanol–water partition coefficient (Wildman–Crippen LogP) is 2.93. The maximum absolute atomic E-state index is 4.43. The van der Waals surface area contributed by atoms with Crippen LogP contribution in [0.2, 0.25) is 0 Å². The van der Waals surface area contributed by atoms with Gasteiger partial charge in [-0.1, -0.05) is 13.0 Å². The molecule has 0 fully saturated rings. The van der Waals surface area contributed by atoms with E-state index in [9.17, 15) is 0 Å². The van der Waals surface area contributed by atoms with Gasteiger partial charge in [-0.15, -0.1) is 0 Å². The first kappa shape index (κ1) is 14.5. The Morgan fingerprint density at radius 3 is 2.45 bits per heavy atom. The molecular formula is C16H22N4. The maximum Gasteiger partial charge on any atom is 0.125 e. The lowest BCUT2D eigenvalue weighted by molar-refractivity contribution is 0.318. The van der Waals surface area contributed by atoms with Crippen LogP contribution in [0.15, 0.2) is 42.9 Å². The minimum atomic E-state index is 0.892. The van der Waals surface area contributed by atoms with Gasteiger partial charge in [-0.25, -0.2) is 4.98 Å². The number of aromatic nitrogens is 2. The molecule has 4 nitrogen and oxygen atoms in total. The van der Waals surface area contributed by atoms with Crippen molar-refractivity contribution in [3.8, 4) is 0 Å². The zero-order valence-electron chi connectivity index (χ0n) is 12.2. The van der Waals surface area contributed by atoms with E-state index in [2.05, 4.69) is 40.2 Å². The first-order valence-electron chi connectivity index (χ1n) is 7.04. The second-order valence-corrected chi connectivity index (χ2v) is 5.01. The number of anilines is 1. The summed E-state index contributed by atoms with van der Waals surface area (Å²) in [6, 6.07) is 8.28. The summed E-state index contributed by atoms with van der Waals surface area (Å²) < 4.78 is 0. The summed E-state index contributed by atoms with van der Waals surface area (Å²) >= 11 is 0. The Morgan fingerprint density at radius 2 is 1.80 bits per heavy atom. The molecule has 20 heavy (non-hydrogen) atoms. The fourth-order valence-electron chi connectivity index (χ4n) is 2.04. The summed E-state index contributed by atoms with van der Waals surface area (Å²) in [6.45, 7) is 4.92. The third-order valence-electron chi connectivity index (χ3n) is 3.04. The highest BCUT2D eigenvalue weighted by molar-refractivity contribution is 5.35. The number of hydrogen-bond donors (Lipinski definition) is 1. The Labute approximate surface area is 120 Å². The number of pyridine rings is 2. The van der Waals surface area contributed by atoms with Gasteiger partial charge < -0.3 is 5.32 Å². The van der Waals surface area contributed by atoms with E-state index in [0.717, 1.165) is 31.9 Å². The van der Waals surface area contributed by atoms with Crippen LogP contribution in [0.25, 0.3) is 0 Å². The summed E-state index contributed by atoms with van der Waals surface area (Å²) in [6.07, 6.45) is 6.72. The lowest BCUT2D eigenvalue weighted by Crippen LogP contribution is -2.17. The number of rotatable bonds is 7. The van der Waals surface area contributed by atoms with Gasteiger partial charge in [-0.2, -0.15) is 0 Å². The second kappa shape index (κ2) is 7.60. The van der Waals surface area contributed by atoms with E-state index in [1.165, 1.54) is 11.1 Å². The molecule has 0 saturated carbocycles. The molecule has 0 radical (unpaired) electrons. The molecule has 2 heterocycles.